The standard InChI is InChI=1S/C19H31NO2S/c1-5-18(21)14(2)10-8-6-7-9-11-19(22)15(3)12-17-13-23-16(4)20-17/h7,9,12-14,18-19,21-22H,5-6,8,10-11H2,1-4H3/b9-7-,15-12+/t14-,18+,19-/m0/s1. The first-order valence-corrected chi connectivity index (χ1v) is 9.43. The Morgan fingerprint density at radius 3 is 2.70 bits per heavy atom. The molecule has 0 aliphatic rings. The van der Waals surface area contributed by atoms with Crippen molar-refractivity contribution in [2.45, 2.75) is 72.0 Å². The summed E-state index contributed by atoms with van der Waals surface area (Å²) in [6.07, 6.45) is 10.1. The highest BCUT2D eigenvalue weighted by atomic mass is 32.1. The molecule has 0 fully saturated rings. The molecule has 0 aliphatic carbocycles. The molecule has 1 aromatic heterocycles. The maximum atomic E-state index is 10.2. The van der Waals surface area contributed by atoms with Crippen molar-refractivity contribution in [2.24, 2.45) is 5.92 Å². The second-order valence-corrected chi connectivity index (χ2v) is 7.35. The van der Waals surface area contributed by atoms with E-state index in [1.165, 1.54) is 0 Å². The molecule has 1 heterocycles. The molecule has 130 valence electrons. The van der Waals surface area contributed by atoms with Crippen LogP contribution >= 0.6 is 11.3 Å². The van der Waals surface area contributed by atoms with Crippen molar-refractivity contribution in [3.8, 4) is 0 Å². The minimum absolute atomic E-state index is 0.178. The fourth-order valence-corrected chi connectivity index (χ4v) is 3.03. The molecule has 0 unspecified atom stereocenters. The average molecular weight is 338 g/mol. The van der Waals surface area contributed by atoms with Crippen molar-refractivity contribution in [1.29, 1.82) is 0 Å². The molecule has 0 saturated carbocycles. The van der Waals surface area contributed by atoms with Gasteiger partial charge in [-0.1, -0.05) is 26.0 Å². The van der Waals surface area contributed by atoms with Gasteiger partial charge in [-0.2, -0.15) is 0 Å². The van der Waals surface area contributed by atoms with Crippen LogP contribution in [0.1, 0.15) is 63.6 Å². The molecule has 4 heteroatoms. The van der Waals surface area contributed by atoms with E-state index >= 15 is 0 Å². The number of allylic oxidation sites excluding steroid dienone is 1. The summed E-state index contributed by atoms with van der Waals surface area (Å²) in [6, 6.07) is 0. The molecule has 0 bridgehead atoms. The van der Waals surface area contributed by atoms with Crippen molar-refractivity contribution >= 4 is 17.4 Å². The molecule has 0 spiro atoms. The first-order valence-electron chi connectivity index (χ1n) is 8.55. The van der Waals surface area contributed by atoms with Gasteiger partial charge in [0.05, 0.1) is 22.9 Å². The quantitative estimate of drug-likeness (QED) is 0.479. The Morgan fingerprint density at radius 1 is 1.35 bits per heavy atom. The van der Waals surface area contributed by atoms with Gasteiger partial charge in [-0.3, -0.25) is 0 Å². The summed E-state index contributed by atoms with van der Waals surface area (Å²) in [6.45, 7) is 8.05. The van der Waals surface area contributed by atoms with Crippen LogP contribution < -0.4 is 0 Å². The topological polar surface area (TPSA) is 53.4 Å². The Kier molecular flexibility index (Phi) is 9.37. The minimum atomic E-state index is -0.450. The smallest absolute Gasteiger partial charge is 0.0901 e. The van der Waals surface area contributed by atoms with Gasteiger partial charge in [0.15, 0.2) is 0 Å². The summed E-state index contributed by atoms with van der Waals surface area (Å²) in [5.41, 5.74) is 1.87. The van der Waals surface area contributed by atoms with E-state index in [1.54, 1.807) is 11.3 Å². The van der Waals surface area contributed by atoms with Gasteiger partial charge in [0, 0.05) is 5.38 Å². The Bertz CT molecular complexity index is 507. The summed E-state index contributed by atoms with van der Waals surface area (Å²) < 4.78 is 0. The number of aromatic nitrogens is 1. The summed E-state index contributed by atoms with van der Waals surface area (Å²) in [7, 11) is 0. The van der Waals surface area contributed by atoms with Crippen LogP contribution in [0, 0.1) is 12.8 Å². The Hall–Kier alpha value is -0.970. The van der Waals surface area contributed by atoms with Crippen LogP contribution in [0.4, 0.5) is 0 Å². The molecule has 0 amide bonds. The zero-order valence-corrected chi connectivity index (χ0v) is 15.6. The van der Waals surface area contributed by atoms with Crippen molar-refractivity contribution in [2.75, 3.05) is 0 Å². The normalized spacial score (nSPS) is 16.7. The van der Waals surface area contributed by atoms with E-state index in [1.807, 2.05) is 32.2 Å². The van der Waals surface area contributed by atoms with Crippen molar-refractivity contribution in [1.82, 2.24) is 4.98 Å². The van der Waals surface area contributed by atoms with E-state index < -0.39 is 6.10 Å². The molecule has 3 atom stereocenters. The van der Waals surface area contributed by atoms with Gasteiger partial charge in [0.1, 0.15) is 0 Å². The highest BCUT2D eigenvalue weighted by Crippen LogP contribution is 2.16. The summed E-state index contributed by atoms with van der Waals surface area (Å²) in [5, 5.41) is 22.9. The number of unbranched alkanes of at least 4 members (excludes halogenated alkanes) is 1. The predicted octanol–water partition coefficient (Wildman–Crippen LogP) is 4.74. The maximum absolute atomic E-state index is 10.2. The van der Waals surface area contributed by atoms with Gasteiger partial charge in [-0.25, -0.2) is 4.98 Å². The maximum Gasteiger partial charge on any atom is 0.0901 e. The monoisotopic (exact) mass is 337 g/mol. The van der Waals surface area contributed by atoms with E-state index in [-0.39, 0.29) is 6.10 Å². The molecule has 0 saturated heterocycles. The molecule has 0 aromatic carbocycles. The summed E-state index contributed by atoms with van der Waals surface area (Å²) in [5.74, 6) is 0.366. The predicted molar refractivity (Wildman–Crippen MR) is 99.6 cm³/mol. The summed E-state index contributed by atoms with van der Waals surface area (Å²) >= 11 is 1.62. The lowest BCUT2D eigenvalue weighted by Crippen LogP contribution is -2.15. The molecule has 0 aliphatic heterocycles. The number of rotatable bonds is 10. The van der Waals surface area contributed by atoms with Crippen LogP contribution in [0.15, 0.2) is 23.1 Å². The summed E-state index contributed by atoms with van der Waals surface area (Å²) in [4.78, 5) is 4.38. The van der Waals surface area contributed by atoms with Crippen LogP contribution in [0.3, 0.4) is 0 Å². The van der Waals surface area contributed by atoms with Crippen molar-refractivity contribution < 1.29 is 10.2 Å². The largest absolute Gasteiger partial charge is 0.393 e. The molecule has 0 radical (unpaired) electrons. The van der Waals surface area contributed by atoms with Gasteiger partial charge >= 0.3 is 0 Å². The number of nitrogens with zero attached hydrogens (tertiary/aromatic N) is 1. The Balaban J connectivity index is 2.27. The first-order chi connectivity index (χ1) is 10.9. The molecule has 23 heavy (non-hydrogen) atoms. The van der Waals surface area contributed by atoms with Crippen LogP contribution in [0.5, 0.6) is 0 Å². The highest BCUT2D eigenvalue weighted by molar-refractivity contribution is 7.09. The fraction of sp³-hybridized carbons (Fsp3) is 0.632. The zero-order valence-electron chi connectivity index (χ0n) is 14.8. The van der Waals surface area contributed by atoms with Gasteiger partial charge in [-0.15, -0.1) is 11.3 Å². The molecule has 1 aromatic rings. The average Bonchev–Trinajstić information content (AvgIpc) is 2.94. The number of hydrogen-bond acceptors (Lipinski definition) is 4. The fourth-order valence-electron chi connectivity index (χ4n) is 2.46. The van der Waals surface area contributed by atoms with Gasteiger partial charge in [-0.05, 0) is 63.5 Å². The number of thiazole rings is 1. The van der Waals surface area contributed by atoms with E-state index in [4.69, 9.17) is 0 Å². The first kappa shape index (κ1) is 20.1. The SMILES string of the molecule is CC[C@@H](O)[C@@H](C)CCC/C=C\C[C@H](O)/C(C)=C/c1csc(C)n1. The number of aryl methyl sites for hydroxylation is 1. The lowest BCUT2D eigenvalue weighted by atomic mass is 9.96. The zero-order chi connectivity index (χ0) is 17.2. The van der Waals surface area contributed by atoms with Gasteiger partial charge in [0.2, 0.25) is 0 Å². The molecular formula is C19H31NO2S. The molecule has 1 rings (SSSR count). The lowest BCUT2D eigenvalue weighted by molar-refractivity contribution is 0.107. The van der Waals surface area contributed by atoms with E-state index in [0.29, 0.717) is 12.3 Å². The Labute approximate surface area is 144 Å². The Morgan fingerprint density at radius 2 is 2.09 bits per heavy atom. The number of aliphatic hydroxyl groups excluding tert-OH is 2. The molecule has 3 nitrogen and oxygen atoms in total. The third-order valence-electron chi connectivity index (χ3n) is 4.17. The lowest BCUT2D eigenvalue weighted by Gasteiger charge is -2.16. The van der Waals surface area contributed by atoms with Crippen LogP contribution in [0.2, 0.25) is 0 Å². The minimum Gasteiger partial charge on any atom is -0.393 e. The third kappa shape index (κ3) is 7.91. The third-order valence-corrected chi connectivity index (χ3v) is 4.96. The van der Waals surface area contributed by atoms with Crippen molar-refractivity contribution in [3.63, 3.8) is 0 Å². The molecular weight excluding hydrogens is 306 g/mol. The second-order valence-electron chi connectivity index (χ2n) is 6.29. The van der Waals surface area contributed by atoms with E-state index in [0.717, 1.165) is 42.0 Å². The second kappa shape index (κ2) is 10.7. The highest BCUT2D eigenvalue weighted by Gasteiger charge is 2.10. The van der Waals surface area contributed by atoms with Crippen LogP contribution in [0.25, 0.3) is 6.08 Å². The van der Waals surface area contributed by atoms with E-state index in [9.17, 15) is 10.2 Å². The van der Waals surface area contributed by atoms with Crippen molar-refractivity contribution in [3.05, 3.63) is 33.8 Å². The molecule has 2 N–H and O–H groups in total. The van der Waals surface area contributed by atoms with E-state index in [2.05, 4.69) is 24.1 Å². The van der Waals surface area contributed by atoms with Gasteiger partial charge in [0.25, 0.3) is 0 Å². The van der Waals surface area contributed by atoms with Gasteiger partial charge < -0.3 is 10.2 Å². The number of hydrogen-bond donors (Lipinski definition) is 2. The number of aliphatic hydroxyl groups is 2. The van der Waals surface area contributed by atoms with Crippen LogP contribution in [-0.2, 0) is 0 Å². The van der Waals surface area contributed by atoms with Crippen LogP contribution in [-0.4, -0.2) is 27.4 Å².